The van der Waals surface area contributed by atoms with Gasteiger partial charge in [-0.3, -0.25) is 14.4 Å². The summed E-state index contributed by atoms with van der Waals surface area (Å²) in [5.41, 5.74) is 0. The van der Waals surface area contributed by atoms with Gasteiger partial charge in [0, 0.05) is 19.3 Å². The Kier molecular flexibility index (Phi) is 49.3. The molecule has 0 heterocycles. The molecule has 1 unspecified atom stereocenters. The molecule has 0 aromatic heterocycles. The van der Waals surface area contributed by atoms with Crippen LogP contribution in [0.4, 0.5) is 0 Å². The van der Waals surface area contributed by atoms with Crippen molar-refractivity contribution in [2.75, 3.05) is 13.2 Å². The third-order valence-corrected chi connectivity index (χ3v) is 11.9. The van der Waals surface area contributed by atoms with Crippen LogP contribution in [0.2, 0.25) is 0 Å². The zero-order valence-electron chi connectivity index (χ0n) is 41.4. The lowest BCUT2D eigenvalue weighted by Crippen LogP contribution is -2.30. The summed E-state index contributed by atoms with van der Waals surface area (Å²) < 4.78 is 16.8. The molecule has 0 aliphatic rings. The molecule has 362 valence electrons. The molecule has 0 N–H and O–H groups in total. The fourth-order valence-corrected chi connectivity index (χ4v) is 7.76. The van der Waals surface area contributed by atoms with E-state index in [9.17, 15) is 14.4 Å². The van der Waals surface area contributed by atoms with Crippen LogP contribution < -0.4 is 0 Å². The Bertz CT molecular complexity index is 1050. The number of carbonyl (C=O) groups excluding carboxylic acids is 3. The molecule has 62 heavy (non-hydrogen) atoms. The van der Waals surface area contributed by atoms with E-state index in [2.05, 4.69) is 57.2 Å². The van der Waals surface area contributed by atoms with Crippen molar-refractivity contribution < 1.29 is 28.6 Å². The van der Waals surface area contributed by atoms with Crippen molar-refractivity contribution in [1.82, 2.24) is 0 Å². The topological polar surface area (TPSA) is 78.9 Å². The molecule has 1 atom stereocenters. The van der Waals surface area contributed by atoms with Crippen LogP contribution in [0.25, 0.3) is 0 Å². The van der Waals surface area contributed by atoms with E-state index in [-0.39, 0.29) is 31.1 Å². The molecule has 0 amide bonds. The Morgan fingerprint density at radius 3 is 0.952 bits per heavy atom. The number of carbonyl (C=O) groups is 3. The second kappa shape index (κ2) is 51.3. The second-order valence-electron chi connectivity index (χ2n) is 18.1. The van der Waals surface area contributed by atoms with E-state index in [4.69, 9.17) is 14.2 Å². The zero-order valence-corrected chi connectivity index (χ0v) is 41.4. The predicted octanol–water partition coefficient (Wildman–Crippen LogP) is 17.7. The quantitative estimate of drug-likeness (QED) is 0.0262. The number of esters is 3. The van der Waals surface area contributed by atoms with Gasteiger partial charge in [-0.05, 0) is 77.0 Å². The first-order valence-corrected chi connectivity index (χ1v) is 27.0. The van der Waals surface area contributed by atoms with Crippen LogP contribution >= 0.6 is 0 Å². The summed E-state index contributed by atoms with van der Waals surface area (Å²) in [7, 11) is 0. The molecule has 6 nitrogen and oxygen atoms in total. The average molecular weight is 871 g/mol. The lowest BCUT2D eigenvalue weighted by molar-refractivity contribution is -0.167. The molecule has 0 aromatic carbocycles. The zero-order chi connectivity index (χ0) is 45.1. The molecular formula is C56H102O6. The van der Waals surface area contributed by atoms with E-state index in [1.165, 1.54) is 173 Å². The number of hydrogen-bond donors (Lipinski definition) is 0. The van der Waals surface area contributed by atoms with Gasteiger partial charge in [-0.15, -0.1) is 0 Å². The van der Waals surface area contributed by atoms with Crippen molar-refractivity contribution in [3.05, 3.63) is 36.5 Å². The van der Waals surface area contributed by atoms with Gasteiger partial charge in [0.15, 0.2) is 6.10 Å². The van der Waals surface area contributed by atoms with E-state index in [0.717, 1.165) is 70.6 Å². The third kappa shape index (κ3) is 48.7. The van der Waals surface area contributed by atoms with Gasteiger partial charge in [0.25, 0.3) is 0 Å². The van der Waals surface area contributed by atoms with Gasteiger partial charge < -0.3 is 14.2 Å². The van der Waals surface area contributed by atoms with Gasteiger partial charge in [0.2, 0.25) is 0 Å². The van der Waals surface area contributed by atoms with Crippen LogP contribution in [0.1, 0.15) is 284 Å². The second-order valence-corrected chi connectivity index (χ2v) is 18.1. The SMILES string of the molecule is CCCCC/C=C\C/C=C\CCCCCCCCCC(=O)OCC(COC(=O)CCCCCCCCCCCCCC)OC(=O)CCCCCCCCC/C=C\CCCCCC. The highest BCUT2D eigenvalue weighted by molar-refractivity contribution is 5.71. The molecule has 0 aromatic rings. The van der Waals surface area contributed by atoms with E-state index in [1.54, 1.807) is 0 Å². The number of hydrogen-bond acceptors (Lipinski definition) is 6. The minimum absolute atomic E-state index is 0.0733. The van der Waals surface area contributed by atoms with Crippen LogP contribution in [-0.2, 0) is 28.6 Å². The summed E-state index contributed by atoms with van der Waals surface area (Å²) in [5.74, 6) is -0.874. The number of rotatable bonds is 49. The van der Waals surface area contributed by atoms with Crippen LogP contribution in [0.5, 0.6) is 0 Å². The molecule has 0 aliphatic heterocycles. The maximum Gasteiger partial charge on any atom is 0.306 e. The van der Waals surface area contributed by atoms with Crippen LogP contribution in [0.3, 0.4) is 0 Å². The molecule has 0 rings (SSSR count). The molecule has 0 fully saturated rings. The highest BCUT2D eigenvalue weighted by atomic mass is 16.6. The molecule has 0 saturated heterocycles. The molecule has 6 heteroatoms. The molecular weight excluding hydrogens is 769 g/mol. The van der Waals surface area contributed by atoms with Crippen molar-refractivity contribution in [2.45, 2.75) is 290 Å². The Morgan fingerprint density at radius 2 is 0.581 bits per heavy atom. The van der Waals surface area contributed by atoms with Gasteiger partial charge in [0.05, 0.1) is 0 Å². The summed E-state index contributed by atoms with van der Waals surface area (Å²) in [4.78, 5) is 38.0. The van der Waals surface area contributed by atoms with Crippen LogP contribution in [-0.4, -0.2) is 37.2 Å². The van der Waals surface area contributed by atoms with Crippen LogP contribution in [0.15, 0.2) is 36.5 Å². The monoisotopic (exact) mass is 871 g/mol. The van der Waals surface area contributed by atoms with Gasteiger partial charge >= 0.3 is 17.9 Å². The van der Waals surface area contributed by atoms with E-state index in [0.29, 0.717) is 19.3 Å². The van der Waals surface area contributed by atoms with Crippen molar-refractivity contribution >= 4 is 17.9 Å². The maximum atomic E-state index is 12.8. The maximum absolute atomic E-state index is 12.8. The lowest BCUT2D eigenvalue weighted by Gasteiger charge is -2.18. The van der Waals surface area contributed by atoms with E-state index in [1.807, 2.05) is 0 Å². The largest absolute Gasteiger partial charge is 0.462 e. The summed E-state index contributed by atoms with van der Waals surface area (Å²) in [6.45, 7) is 6.61. The van der Waals surface area contributed by atoms with Crippen molar-refractivity contribution in [1.29, 1.82) is 0 Å². The van der Waals surface area contributed by atoms with Crippen molar-refractivity contribution in [3.8, 4) is 0 Å². The fourth-order valence-electron chi connectivity index (χ4n) is 7.76. The highest BCUT2D eigenvalue weighted by Gasteiger charge is 2.19. The van der Waals surface area contributed by atoms with E-state index >= 15 is 0 Å². The normalized spacial score (nSPS) is 12.2. The Labute approximate surface area is 385 Å². The first-order valence-electron chi connectivity index (χ1n) is 27.0. The first-order chi connectivity index (χ1) is 30.5. The Morgan fingerprint density at radius 1 is 0.323 bits per heavy atom. The molecule has 0 bridgehead atoms. The number of unbranched alkanes of at least 4 members (excludes halogenated alkanes) is 32. The van der Waals surface area contributed by atoms with Gasteiger partial charge in [-0.25, -0.2) is 0 Å². The standard InChI is InChI=1S/C56H102O6/c1-4-7-10-13-16-19-22-25-27-28-30-31-34-37-40-43-46-49-55(58)61-52-53(51-60-54(57)48-45-42-39-36-33-24-21-18-15-12-9-6-3)62-56(59)50-47-44-41-38-35-32-29-26-23-20-17-14-11-8-5-2/h16,19-20,23,25,27,53H,4-15,17-18,21-22,24,26,28-52H2,1-3H3/b19-16-,23-20-,27-25-. The Balaban J connectivity index is 4.35. The van der Waals surface area contributed by atoms with Gasteiger partial charge in [-0.2, -0.15) is 0 Å². The third-order valence-electron chi connectivity index (χ3n) is 11.9. The number of allylic oxidation sites excluding steroid dienone is 6. The average Bonchev–Trinajstić information content (AvgIpc) is 3.27. The highest BCUT2D eigenvalue weighted by Crippen LogP contribution is 2.15. The minimum atomic E-state index is -0.773. The molecule has 0 radical (unpaired) electrons. The van der Waals surface area contributed by atoms with Crippen molar-refractivity contribution in [3.63, 3.8) is 0 Å². The predicted molar refractivity (Wildman–Crippen MR) is 266 cm³/mol. The van der Waals surface area contributed by atoms with Gasteiger partial charge in [-0.1, -0.05) is 224 Å². The van der Waals surface area contributed by atoms with Gasteiger partial charge in [0.1, 0.15) is 13.2 Å². The lowest BCUT2D eigenvalue weighted by atomic mass is 10.0. The molecule has 0 aliphatic carbocycles. The molecule has 0 saturated carbocycles. The van der Waals surface area contributed by atoms with Crippen LogP contribution in [0, 0.1) is 0 Å². The first kappa shape index (κ1) is 59.6. The van der Waals surface area contributed by atoms with E-state index < -0.39 is 6.10 Å². The fraction of sp³-hybridized carbons (Fsp3) is 0.839. The van der Waals surface area contributed by atoms with Crippen molar-refractivity contribution in [2.24, 2.45) is 0 Å². The smallest absolute Gasteiger partial charge is 0.306 e. The number of ether oxygens (including phenoxy) is 3. The minimum Gasteiger partial charge on any atom is -0.462 e. The summed E-state index contributed by atoms with van der Waals surface area (Å²) >= 11 is 0. The summed E-state index contributed by atoms with van der Waals surface area (Å²) in [6.07, 6.45) is 59.8. The summed E-state index contributed by atoms with van der Waals surface area (Å²) in [6, 6.07) is 0. The summed E-state index contributed by atoms with van der Waals surface area (Å²) in [5, 5.41) is 0. The molecule has 0 spiro atoms. The Hall–Kier alpha value is -2.37.